The average molecular weight is 283 g/mol. The Balaban J connectivity index is 1.98. The molecule has 1 saturated heterocycles. The number of anilines is 1. The zero-order valence-corrected chi connectivity index (χ0v) is 10.3. The van der Waals surface area contributed by atoms with Gasteiger partial charge in [-0.15, -0.1) is 0 Å². The van der Waals surface area contributed by atoms with Gasteiger partial charge in [-0.3, -0.25) is 19.6 Å². The van der Waals surface area contributed by atoms with Gasteiger partial charge in [0.25, 0.3) is 5.56 Å². The van der Waals surface area contributed by atoms with Crippen LogP contribution in [0.1, 0.15) is 12.6 Å². The van der Waals surface area contributed by atoms with Crippen molar-refractivity contribution in [2.75, 3.05) is 12.3 Å². The molecular formula is C10H13N5O5. The van der Waals surface area contributed by atoms with Crippen molar-refractivity contribution in [2.45, 2.75) is 24.9 Å². The van der Waals surface area contributed by atoms with Crippen LogP contribution in [0.3, 0.4) is 0 Å². The van der Waals surface area contributed by atoms with Crippen LogP contribution in [0.25, 0.3) is 11.2 Å². The molecule has 3 rings (SSSR count). The quantitative estimate of drug-likeness (QED) is 0.407. The molecule has 0 aliphatic carbocycles. The minimum Gasteiger partial charge on any atom is -0.390 e. The number of hydrogen-bond acceptors (Lipinski definition) is 8. The molecule has 0 saturated carbocycles. The molecule has 108 valence electrons. The van der Waals surface area contributed by atoms with Gasteiger partial charge in [0.2, 0.25) is 5.95 Å². The third kappa shape index (κ3) is 2.04. The number of fused-ring (bicyclic) bond motifs is 1. The maximum Gasteiger partial charge on any atom is 0.280 e. The highest BCUT2D eigenvalue weighted by molar-refractivity contribution is 5.70. The summed E-state index contributed by atoms with van der Waals surface area (Å²) in [6.07, 6.45) is -0.380. The first-order chi connectivity index (χ1) is 9.60. The van der Waals surface area contributed by atoms with Crippen molar-refractivity contribution >= 4 is 17.1 Å². The Labute approximate surface area is 111 Å². The van der Waals surface area contributed by atoms with Crippen LogP contribution in [0.2, 0.25) is 0 Å². The molecule has 10 heteroatoms. The van der Waals surface area contributed by atoms with Gasteiger partial charge in [0, 0.05) is 6.42 Å². The molecule has 0 amide bonds. The fraction of sp³-hybridized carbons (Fsp3) is 0.500. The van der Waals surface area contributed by atoms with Gasteiger partial charge >= 0.3 is 0 Å². The van der Waals surface area contributed by atoms with Crippen LogP contribution in [0, 0.1) is 0 Å². The van der Waals surface area contributed by atoms with E-state index in [1.165, 1.54) is 10.9 Å². The summed E-state index contributed by atoms with van der Waals surface area (Å²) in [5, 5.41) is 18.2. The van der Waals surface area contributed by atoms with Crippen LogP contribution < -0.4 is 11.3 Å². The lowest BCUT2D eigenvalue weighted by atomic mass is 10.2. The molecule has 0 bridgehead atoms. The fourth-order valence-corrected chi connectivity index (χ4v) is 2.26. The van der Waals surface area contributed by atoms with E-state index < -0.39 is 24.0 Å². The Morgan fingerprint density at radius 1 is 1.65 bits per heavy atom. The van der Waals surface area contributed by atoms with E-state index >= 15 is 0 Å². The summed E-state index contributed by atoms with van der Waals surface area (Å²) in [5.74, 6) is -0.0296. The van der Waals surface area contributed by atoms with E-state index in [9.17, 15) is 9.90 Å². The number of nitrogens with zero attached hydrogens (tertiary/aromatic N) is 3. The number of aromatic amines is 1. The number of nitrogen functional groups attached to an aromatic ring is 1. The maximum absolute atomic E-state index is 11.7. The first-order valence-electron chi connectivity index (χ1n) is 5.92. The zero-order valence-electron chi connectivity index (χ0n) is 10.3. The van der Waals surface area contributed by atoms with Gasteiger partial charge in [0.15, 0.2) is 11.2 Å². The fourth-order valence-electron chi connectivity index (χ4n) is 2.26. The first-order valence-corrected chi connectivity index (χ1v) is 5.92. The number of aromatic nitrogens is 4. The largest absolute Gasteiger partial charge is 0.390 e. The Morgan fingerprint density at radius 3 is 3.20 bits per heavy atom. The lowest BCUT2D eigenvalue weighted by Gasteiger charge is -2.14. The SMILES string of the molecule is Nc1nc2c(ncn2[C@H]2C[C@H](O)[C@@H](COO)O2)c(=O)[nH]1. The van der Waals surface area contributed by atoms with Crippen molar-refractivity contribution in [3.63, 3.8) is 0 Å². The second-order valence-electron chi connectivity index (χ2n) is 4.50. The molecule has 3 atom stereocenters. The molecule has 20 heavy (non-hydrogen) atoms. The number of imidazole rings is 1. The summed E-state index contributed by atoms with van der Waals surface area (Å²) in [4.78, 5) is 26.0. The van der Waals surface area contributed by atoms with E-state index in [2.05, 4.69) is 19.8 Å². The molecular weight excluding hydrogens is 270 g/mol. The minimum absolute atomic E-state index is 0.0296. The number of nitrogens with two attached hydrogens (primary N) is 1. The topological polar surface area (TPSA) is 149 Å². The van der Waals surface area contributed by atoms with Crippen molar-refractivity contribution < 1.29 is 20.0 Å². The zero-order chi connectivity index (χ0) is 14.3. The Kier molecular flexibility index (Phi) is 3.14. The van der Waals surface area contributed by atoms with E-state index in [0.29, 0.717) is 0 Å². The molecule has 10 nitrogen and oxygen atoms in total. The molecule has 1 aliphatic heterocycles. The van der Waals surface area contributed by atoms with Crippen LogP contribution in [0.5, 0.6) is 0 Å². The second-order valence-corrected chi connectivity index (χ2v) is 4.50. The normalized spacial score (nSPS) is 26.4. The Morgan fingerprint density at radius 2 is 2.45 bits per heavy atom. The number of rotatable bonds is 3. The lowest BCUT2D eigenvalue weighted by molar-refractivity contribution is -0.264. The summed E-state index contributed by atoms with van der Waals surface area (Å²) < 4.78 is 7.06. The summed E-state index contributed by atoms with van der Waals surface area (Å²) in [6.45, 7) is -0.152. The third-order valence-electron chi connectivity index (χ3n) is 3.20. The van der Waals surface area contributed by atoms with E-state index in [4.69, 9.17) is 15.7 Å². The number of aliphatic hydroxyl groups excluding tert-OH is 1. The van der Waals surface area contributed by atoms with Gasteiger partial charge in [-0.2, -0.15) is 4.98 Å². The number of aliphatic hydroxyl groups is 1. The molecule has 2 aromatic rings. The van der Waals surface area contributed by atoms with Gasteiger partial charge in [-0.25, -0.2) is 9.87 Å². The minimum atomic E-state index is -0.802. The summed E-state index contributed by atoms with van der Waals surface area (Å²) >= 11 is 0. The van der Waals surface area contributed by atoms with Crippen LogP contribution in [0.15, 0.2) is 11.1 Å². The monoisotopic (exact) mass is 283 g/mol. The lowest BCUT2D eigenvalue weighted by Crippen LogP contribution is -2.25. The molecule has 0 unspecified atom stereocenters. The molecule has 1 aliphatic rings. The van der Waals surface area contributed by atoms with Gasteiger partial charge in [-0.05, 0) is 0 Å². The Bertz CT molecular complexity index is 682. The van der Waals surface area contributed by atoms with E-state index in [-0.39, 0.29) is 30.1 Å². The third-order valence-corrected chi connectivity index (χ3v) is 3.20. The standard InChI is InChI=1S/C10H13N5O5/c11-10-13-8-7(9(17)14-10)12-3-15(8)6-1-4(16)5(20-6)2-19-18/h3-6,16,18H,1-2H2,(H3,11,13,14,17)/t4-,5+,6+/m0/s1. The molecule has 0 aromatic carbocycles. The van der Waals surface area contributed by atoms with Crippen LogP contribution in [0.4, 0.5) is 5.95 Å². The van der Waals surface area contributed by atoms with Gasteiger partial charge in [-0.1, -0.05) is 0 Å². The van der Waals surface area contributed by atoms with Crippen molar-refractivity contribution in [2.24, 2.45) is 0 Å². The van der Waals surface area contributed by atoms with Crippen molar-refractivity contribution in [1.29, 1.82) is 0 Å². The highest BCUT2D eigenvalue weighted by Crippen LogP contribution is 2.30. The second kappa shape index (κ2) is 4.83. The van der Waals surface area contributed by atoms with E-state index in [1.807, 2.05) is 0 Å². The average Bonchev–Trinajstić information content (AvgIpc) is 2.94. The van der Waals surface area contributed by atoms with Crippen LogP contribution >= 0.6 is 0 Å². The van der Waals surface area contributed by atoms with Crippen molar-refractivity contribution in [3.05, 3.63) is 16.7 Å². The molecule has 3 heterocycles. The van der Waals surface area contributed by atoms with Gasteiger partial charge in [0.05, 0.1) is 12.4 Å². The van der Waals surface area contributed by atoms with Gasteiger partial charge < -0.3 is 15.6 Å². The van der Waals surface area contributed by atoms with Crippen LogP contribution in [-0.4, -0.2) is 48.7 Å². The van der Waals surface area contributed by atoms with E-state index in [0.717, 1.165) is 0 Å². The molecule has 5 N–H and O–H groups in total. The predicted molar refractivity (Wildman–Crippen MR) is 65.7 cm³/mol. The van der Waals surface area contributed by atoms with Gasteiger partial charge in [0.1, 0.15) is 18.9 Å². The summed E-state index contributed by atoms with van der Waals surface area (Å²) in [5.41, 5.74) is 5.47. The molecule has 2 aromatic heterocycles. The van der Waals surface area contributed by atoms with Crippen molar-refractivity contribution in [3.8, 4) is 0 Å². The predicted octanol–water partition coefficient (Wildman–Crippen LogP) is -1.16. The highest BCUT2D eigenvalue weighted by atomic mass is 17.1. The summed E-state index contributed by atoms with van der Waals surface area (Å²) in [6, 6.07) is 0. The number of nitrogens with one attached hydrogen (secondary N) is 1. The Hall–Kier alpha value is -2.01. The number of hydrogen-bond donors (Lipinski definition) is 4. The molecule has 1 fully saturated rings. The van der Waals surface area contributed by atoms with Crippen molar-refractivity contribution in [1.82, 2.24) is 19.5 Å². The number of ether oxygens (including phenoxy) is 1. The first kappa shape index (κ1) is 13.0. The molecule has 0 spiro atoms. The number of H-pyrrole nitrogens is 1. The summed E-state index contributed by atoms with van der Waals surface area (Å²) in [7, 11) is 0. The van der Waals surface area contributed by atoms with E-state index in [1.54, 1.807) is 0 Å². The smallest absolute Gasteiger partial charge is 0.280 e. The highest BCUT2D eigenvalue weighted by Gasteiger charge is 2.36. The van der Waals surface area contributed by atoms with Crippen LogP contribution in [-0.2, 0) is 9.62 Å². The maximum atomic E-state index is 11.7. The molecule has 0 radical (unpaired) electrons.